The zero-order valence-electron chi connectivity index (χ0n) is 21.5. The van der Waals surface area contributed by atoms with Crippen LogP contribution in [0.3, 0.4) is 0 Å². The van der Waals surface area contributed by atoms with Gasteiger partial charge in [-0.25, -0.2) is 9.97 Å². The largest absolute Gasteiger partial charge is 0.491 e. The smallest absolute Gasteiger partial charge is 0.276 e. The topological polar surface area (TPSA) is 106 Å². The number of fused-ring (bicyclic) bond motifs is 1. The van der Waals surface area contributed by atoms with Gasteiger partial charge in [-0.1, -0.05) is 31.2 Å². The van der Waals surface area contributed by atoms with E-state index in [0.29, 0.717) is 24.6 Å². The maximum atomic E-state index is 10.9. The number of aliphatic hydroxyl groups excluding tert-OH is 1. The maximum Gasteiger partial charge on any atom is 0.276 e. The molecule has 3 heterocycles. The minimum absolute atomic E-state index is 0.00780. The number of thiophene rings is 1. The lowest BCUT2D eigenvalue weighted by atomic mass is 10.1. The molecule has 0 radical (unpaired) electrons. The van der Waals surface area contributed by atoms with E-state index in [0.717, 1.165) is 45.7 Å². The number of aliphatic hydroxyl groups is 1. The zero-order valence-corrected chi connectivity index (χ0v) is 22.3. The van der Waals surface area contributed by atoms with Crippen LogP contribution < -0.4 is 19.7 Å². The van der Waals surface area contributed by atoms with Gasteiger partial charge in [-0.2, -0.15) is 0 Å². The first kappa shape index (κ1) is 25.3. The van der Waals surface area contributed by atoms with Gasteiger partial charge >= 0.3 is 0 Å². The third-order valence-electron chi connectivity index (χ3n) is 7.02. The van der Waals surface area contributed by atoms with Gasteiger partial charge in [-0.05, 0) is 30.9 Å². The van der Waals surface area contributed by atoms with Gasteiger partial charge in [-0.15, -0.1) is 21.5 Å². The Kier molecular flexibility index (Phi) is 7.50. The van der Waals surface area contributed by atoms with Crippen LogP contribution in [0.15, 0.2) is 42.7 Å². The van der Waals surface area contributed by atoms with Crippen molar-refractivity contribution in [1.29, 1.82) is 0 Å². The molecule has 1 saturated carbocycles. The van der Waals surface area contributed by atoms with E-state index in [1.807, 2.05) is 25.2 Å². The Bertz CT molecular complexity index is 1360. The molecule has 1 aliphatic carbocycles. The predicted molar refractivity (Wildman–Crippen MR) is 145 cm³/mol. The number of likely N-dealkylation sites (N-methyl/N-ethyl adjacent to an activating group) is 1. The summed E-state index contributed by atoms with van der Waals surface area (Å²) in [6, 6.07) is 12.4. The number of nitrogens with one attached hydrogen (secondary N) is 1. The standard InChI is InChI=1S/C27H32N6O3S/c1-5-19-12-20-25(29-15-30-27(20)37-19)33(2)22-10-18(11-23(22)34)28-14-16-6-8-17(9-7-16)21-13-24(35-3)26(36-4)32-31-21/h6-9,12-13,15,18,22-23,28,34H,5,10-11,14H2,1-4H3/t18-,22+,23-/m1/s1. The van der Waals surface area contributed by atoms with Gasteiger partial charge in [0.1, 0.15) is 17.0 Å². The van der Waals surface area contributed by atoms with E-state index in [1.165, 1.54) is 12.0 Å². The number of methoxy groups -OCH3 is 2. The molecule has 3 atom stereocenters. The minimum Gasteiger partial charge on any atom is -0.491 e. The number of nitrogens with zero attached hydrogens (tertiary/aromatic N) is 5. The first-order valence-electron chi connectivity index (χ1n) is 12.4. The van der Waals surface area contributed by atoms with Crippen molar-refractivity contribution >= 4 is 27.4 Å². The fraction of sp³-hybridized carbons (Fsp3) is 0.407. The van der Waals surface area contributed by atoms with Crippen molar-refractivity contribution < 1.29 is 14.6 Å². The minimum atomic E-state index is -0.428. The molecule has 1 aliphatic rings. The Labute approximate surface area is 220 Å². The van der Waals surface area contributed by atoms with Crippen molar-refractivity contribution in [1.82, 2.24) is 25.5 Å². The second kappa shape index (κ2) is 11.0. The molecule has 2 N–H and O–H groups in total. The second-order valence-electron chi connectivity index (χ2n) is 9.28. The van der Waals surface area contributed by atoms with Gasteiger partial charge in [0.2, 0.25) is 0 Å². The van der Waals surface area contributed by atoms with Gasteiger partial charge in [-0.3, -0.25) is 0 Å². The molecule has 0 unspecified atom stereocenters. The summed E-state index contributed by atoms with van der Waals surface area (Å²) >= 11 is 1.71. The van der Waals surface area contributed by atoms with Crippen LogP contribution in [0.25, 0.3) is 21.5 Å². The average Bonchev–Trinajstić information content (AvgIpc) is 3.54. The first-order chi connectivity index (χ1) is 18.0. The van der Waals surface area contributed by atoms with Gasteiger partial charge in [0.05, 0.1) is 37.4 Å². The summed E-state index contributed by atoms with van der Waals surface area (Å²) in [7, 11) is 5.15. The summed E-state index contributed by atoms with van der Waals surface area (Å²) in [5, 5.41) is 23.9. The van der Waals surface area contributed by atoms with E-state index in [4.69, 9.17) is 9.47 Å². The van der Waals surface area contributed by atoms with Crippen molar-refractivity contribution in [2.45, 2.75) is 50.9 Å². The van der Waals surface area contributed by atoms with Crippen molar-refractivity contribution in [3.8, 4) is 22.9 Å². The van der Waals surface area contributed by atoms with Crippen molar-refractivity contribution in [2.75, 3.05) is 26.2 Å². The van der Waals surface area contributed by atoms with E-state index in [1.54, 1.807) is 24.8 Å². The fourth-order valence-electron chi connectivity index (χ4n) is 4.93. The summed E-state index contributed by atoms with van der Waals surface area (Å²) in [5.74, 6) is 1.80. The summed E-state index contributed by atoms with van der Waals surface area (Å²) in [6.07, 6.45) is 3.71. The molecule has 37 heavy (non-hydrogen) atoms. The molecule has 0 bridgehead atoms. The van der Waals surface area contributed by atoms with Gasteiger partial charge < -0.3 is 24.8 Å². The Morgan fingerprint density at radius 2 is 1.89 bits per heavy atom. The third-order valence-corrected chi connectivity index (χ3v) is 8.21. The van der Waals surface area contributed by atoms with E-state index >= 15 is 0 Å². The summed E-state index contributed by atoms with van der Waals surface area (Å²) in [4.78, 5) is 13.4. The lowest BCUT2D eigenvalue weighted by Crippen LogP contribution is -2.38. The van der Waals surface area contributed by atoms with E-state index < -0.39 is 6.10 Å². The highest BCUT2D eigenvalue weighted by Crippen LogP contribution is 2.34. The Morgan fingerprint density at radius 3 is 2.62 bits per heavy atom. The van der Waals surface area contributed by atoms with Crippen LogP contribution in [-0.4, -0.2) is 64.7 Å². The Hall–Kier alpha value is -3.34. The molecule has 194 valence electrons. The van der Waals surface area contributed by atoms with E-state index in [2.05, 4.69) is 55.5 Å². The normalized spacial score (nSPS) is 19.3. The molecule has 1 aromatic carbocycles. The number of rotatable bonds is 9. The number of aryl methyl sites for hydroxylation is 1. The van der Waals surface area contributed by atoms with Crippen molar-refractivity contribution in [2.24, 2.45) is 0 Å². The monoisotopic (exact) mass is 520 g/mol. The highest BCUT2D eigenvalue weighted by Gasteiger charge is 2.36. The highest BCUT2D eigenvalue weighted by molar-refractivity contribution is 7.18. The Balaban J connectivity index is 1.22. The number of hydrogen-bond acceptors (Lipinski definition) is 10. The number of hydrogen-bond donors (Lipinski definition) is 2. The molecular weight excluding hydrogens is 488 g/mol. The first-order valence-corrected chi connectivity index (χ1v) is 13.2. The number of benzene rings is 1. The van der Waals surface area contributed by atoms with Crippen molar-refractivity contribution in [3.63, 3.8) is 0 Å². The molecule has 5 rings (SSSR count). The number of ether oxygens (including phenoxy) is 2. The summed E-state index contributed by atoms with van der Waals surface area (Å²) in [6.45, 7) is 2.87. The summed E-state index contributed by atoms with van der Waals surface area (Å²) < 4.78 is 10.5. The van der Waals surface area contributed by atoms with Gasteiger partial charge in [0.15, 0.2) is 5.75 Å². The zero-order chi connectivity index (χ0) is 25.9. The highest BCUT2D eigenvalue weighted by atomic mass is 32.1. The molecule has 1 fully saturated rings. The van der Waals surface area contributed by atoms with Gasteiger partial charge in [0, 0.05) is 36.1 Å². The van der Waals surface area contributed by atoms with E-state index in [9.17, 15) is 5.11 Å². The lowest BCUT2D eigenvalue weighted by molar-refractivity contribution is 0.160. The van der Waals surface area contributed by atoms with Crippen LogP contribution in [0.1, 0.15) is 30.2 Å². The van der Waals surface area contributed by atoms with Crippen LogP contribution >= 0.6 is 11.3 Å². The quantitative estimate of drug-likeness (QED) is 0.340. The molecule has 0 amide bonds. The molecule has 0 saturated heterocycles. The van der Waals surface area contributed by atoms with Crippen LogP contribution in [0.2, 0.25) is 0 Å². The summed E-state index contributed by atoms with van der Waals surface area (Å²) in [5.41, 5.74) is 2.83. The Morgan fingerprint density at radius 1 is 1.08 bits per heavy atom. The average molecular weight is 521 g/mol. The lowest BCUT2D eigenvalue weighted by Gasteiger charge is -2.28. The van der Waals surface area contributed by atoms with Crippen LogP contribution in [-0.2, 0) is 13.0 Å². The molecule has 0 spiro atoms. The molecule has 3 aromatic heterocycles. The second-order valence-corrected chi connectivity index (χ2v) is 10.4. The molecule has 9 nitrogen and oxygen atoms in total. The third kappa shape index (κ3) is 5.22. The predicted octanol–water partition coefficient (Wildman–Crippen LogP) is 3.85. The molecule has 0 aliphatic heterocycles. The van der Waals surface area contributed by atoms with Crippen LogP contribution in [0, 0.1) is 0 Å². The molecular formula is C27H32N6O3S. The van der Waals surface area contributed by atoms with Crippen LogP contribution in [0.5, 0.6) is 11.6 Å². The van der Waals surface area contributed by atoms with Crippen molar-refractivity contribution in [3.05, 3.63) is 53.2 Å². The maximum absolute atomic E-state index is 10.9. The number of aromatic nitrogens is 4. The fourth-order valence-corrected chi connectivity index (χ4v) is 5.86. The molecule has 4 aromatic rings. The van der Waals surface area contributed by atoms with Crippen LogP contribution in [0.4, 0.5) is 5.82 Å². The SMILES string of the molecule is CCc1cc2c(N(C)[C@H]3C[C@@H](NCc4ccc(-c5cc(OC)c(OC)nn5)cc4)C[C@H]3O)ncnc2s1. The molecule has 10 heteroatoms. The van der Waals surface area contributed by atoms with Gasteiger partial charge in [0.25, 0.3) is 5.88 Å². The number of anilines is 1. The van der Waals surface area contributed by atoms with E-state index in [-0.39, 0.29) is 12.1 Å².